The molecule has 1 atom stereocenters. The molecule has 0 saturated heterocycles. The number of aldehydes is 1. The number of aryl methyl sites for hydroxylation is 1. The van der Waals surface area contributed by atoms with Gasteiger partial charge in [0.2, 0.25) is 0 Å². The number of carbonyl (C=O) groups excluding carboxylic acids is 2. The highest BCUT2D eigenvalue weighted by Gasteiger charge is 2.26. The fraction of sp³-hybridized carbons (Fsp3) is 0.583. The number of amides is 1. The fourth-order valence-electron chi connectivity index (χ4n) is 4.44. The van der Waals surface area contributed by atoms with Crippen LogP contribution in [0.4, 0.5) is 0 Å². The molecule has 0 fully saturated rings. The number of carbonyl (C=O) groups is 2. The molecule has 6 nitrogen and oxygen atoms in total. The highest BCUT2D eigenvalue weighted by atomic mass is 16.2. The van der Waals surface area contributed by atoms with Crippen LogP contribution in [0, 0.1) is 0 Å². The molecule has 6 heteroatoms. The Bertz CT molecular complexity index is 859. The van der Waals surface area contributed by atoms with Crippen LogP contribution < -0.4 is 0 Å². The highest BCUT2D eigenvalue weighted by Crippen LogP contribution is 2.32. The van der Waals surface area contributed by atoms with Crippen molar-refractivity contribution in [2.45, 2.75) is 58.5 Å². The molecule has 0 bridgehead atoms. The minimum atomic E-state index is 0.0254. The van der Waals surface area contributed by atoms with Crippen molar-refractivity contribution in [2.24, 2.45) is 7.05 Å². The van der Waals surface area contributed by atoms with Gasteiger partial charge in [-0.25, -0.2) is 0 Å². The normalized spacial score (nSPS) is 14.6. The van der Waals surface area contributed by atoms with Gasteiger partial charge in [-0.05, 0) is 43.5 Å². The second kappa shape index (κ2) is 11.3. The van der Waals surface area contributed by atoms with Gasteiger partial charge in [0.1, 0.15) is 6.29 Å². The maximum atomic E-state index is 12.8. The summed E-state index contributed by atoms with van der Waals surface area (Å²) in [5.74, 6) is 0.0254. The van der Waals surface area contributed by atoms with Crippen LogP contribution in [0.1, 0.15) is 61.1 Å². The van der Waals surface area contributed by atoms with Crippen molar-refractivity contribution in [1.29, 1.82) is 0 Å². The number of aromatic nitrogens is 1. The van der Waals surface area contributed by atoms with E-state index in [1.807, 2.05) is 13.1 Å². The first kappa shape index (κ1) is 24.1. The molecule has 1 aliphatic rings. The van der Waals surface area contributed by atoms with Crippen LogP contribution in [0.3, 0.4) is 0 Å². The lowest BCUT2D eigenvalue weighted by atomic mass is 10.0. The maximum Gasteiger partial charge on any atom is 0.253 e. The van der Waals surface area contributed by atoms with Crippen molar-refractivity contribution in [3.8, 4) is 0 Å². The summed E-state index contributed by atoms with van der Waals surface area (Å²) in [7, 11) is 4.95. The molecule has 30 heavy (non-hydrogen) atoms. The standard InChI is InChI=1S/C23H33N3O2.CH4O/c1-5-8-17(2)26-13-11-22-20(16-26)19-15-18(9-10-21(19)25(22)4)23(28)24(3)12-6-7-14-27;1-2/h9-10,14-15,17H,5-8,11-13,16H2,1-4H3;2H,1H3. The summed E-state index contributed by atoms with van der Waals surface area (Å²) in [6.45, 7) is 7.23. The average molecular weight is 416 g/mol. The van der Waals surface area contributed by atoms with Crippen LogP contribution in [0.15, 0.2) is 18.2 Å². The molecule has 2 heterocycles. The SMILES string of the molecule is CCCC(C)N1CCc2c(c3cc(C(=O)N(C)CCCC=O)ccc3n2C)C1.CO. The van der Waals surface area contributed by atoms with Gasteiger partial charge in [0.05, 0.1) is 0 Å². The average Bonchev–Trinajstić information content (AvgIpc) is 3.06. The molecular formula is C24H37N3O3. The van der Waals surface area contributed by atoms with Gasteiger partial charge in [0, 0.05) is 81.9 Å². The second-order valence-electron chi connectivity index (χ2n) is 8.11. The third-order valence-corrected chi connectivity index (χ3v) is 6.17. The Morgan fingerprint density at radius 1 is 1.33 bits per heavy atom. The molecule has 3 rings (SSSR count). The van der Waals surface area contributed by atoms with Crippen LogP contribution in [0.25, 0.3) is 10.9 Å². The molecule has 1 amide bonds. The molecule has 0 saturated carbocycles. The Morgan fingerprint density at radius 3 is 2.73 bits per heavy atom. The van der Waals surface area contributed by atoms with E-state index in [9.17, 15) is 9.59 Å². The summed E-state index contributed by atoms with van der Waals surface area (Å²) in [6, 6.07) is 6.67. The molecule has 1 aromatic carbocycles. The number of benzene rings is 1. The predicted octanol–water partition coefficient (Wildman–Crippen LogP) is 3.38. The molecule has 0 aliphatic carbocycles. The number of aliphatic hydroxyl groups excluding tert-OH is 1. The van der Waals surface area contributed by atoms with Gasteiger partial charge in [-0.3, -0.25) is 9.69 Å². The first-order chi connectivity index (χ1) is 14.5. The van der Waals surface area contributed by atoms with Crippen molar-refractivity contribution in [3.05, 3.63) is 35.0 Å². The Hall–Kier alpha value is -2.18. The van der Waals surface area contributed by atoms with Gasteiger partial charge in [-0.1, -0.05) is 13.3 Å². The van der Waals surface area contributed by atoms with Crippen molar-refractivity contribution in [1.82, 2.24) is 14.4 Å². The van der Waals surface area contributed by atoms with E-state index >= 15 is 0 Å². The summed E-state index contributed by atoms with van der Waals surface area (Å²) in [5, 5.41) is 8.21. The number of unbranched alkanes of at least 4 members (excludes halogenated alkanes) is 1. The van der Waals surface area contributed by atoms with E-state index in [1.54, 1.807) is 4.90 Å². The van der Waals surface area contributed by atoms with E-state index in [-0.39, 0.29) is 5.91 Å². The predicted molar refractivity (Wildman–Crippen MR) is 122 cm³/mol. The summed E-state index contributed by atoms with van der Waals surface area (Å²) in [4.78, 5) is 27.6. The summed E-state index contributed by atoms with van der Waals surface area (Å²) >= 11 is 0. The minimum Gasteiger partial charge on any atom is -0.400 e. The molecule has 1 aliphatic heterocycles. The second-order valence-corrected chi connectivity index (χ2v) is 8.11. The lowest BCUT2D eigenvalue weighted by Crippen LogP contribution is -2.37. The molecule has 1 N–H and O–H groups in total. The third kappa shape index (κ3) is 5.10. The number of rotatable bonds is 8. The monoisotopic (exact) mass is 415 g/mol. The number of aliphatic hydroxyl groups is 1. The Balaban J connectivity index is 0.00000155. The zero-order valence-corrected chi connectivity index (χ0v) is 19.1. The minimum absolute atomic E-state index is 0.0254. The van der Waals surface area contributed by atoms with E-state index in [4.69, 9.17) is 5.11 Å². The van der Waals surface area contributed by atoms with Gasteiger partial charge in [0.25, 0.3) is 5.91 Å². The highest BCUT2D eigenvalue weighted by molar-refractivity contribution is 5.99. The zero-order chi connectivity index (χ0) is 22.3. The smallest absolute Gasteiger partial charge is 0.253 e. The van der Waals surface area contributed by atoms with E-state index < -0.39 is 0 Å². The molecule has 1 aromatic heterocycles. The Morgan fingerprint density at radius 2 is 2.07 bits per heavy atom. The third-order valence-electron chi connectivity index (χ3n) is 6.17. The van der Waals surface area contributed by atoms with Crippen molar-refractivity contribution in [3.63, 3.8) is 0 Å². The van der Waals surface area contributed by atoms with E-state index in [0.717, 1.165) is 38.5 Å². The van der Waals surface area contributed by atoms with Gasteiger partial charge in [-0.2, -0.15) is 0 Å². The van der Waals surface area contributed by atoms with Gasteiger partial charge in [0.15, 0.2) is 0 Å². The largest absolute Gasteiger partial charge is 0.400 e. The summed E-state index contributed by atoms with van der Waals surface area (Å²) in [6.07, 6.45) is 5.59. The lowest BCUT2D eigenvalue weighted by Gasteiger charge is -2.33. The van der Waals surface area contributed by atoms with Gasteiger partial charge in [-0.15, -0.1) is 0 Å². The molecular weight excluding hydrogens is 378 g/mol. The van der Waals surface area contributed by atoms with Crippen LogP contribution >= 0.6 is 0 Å². The fourth-order valence-corrected chi connectivity index (χ4v) is 4.44. The number of hydrogen-bond donors (Lipinski definition) is 1. The summed E-state index contributed by atoms with van der Waals surface area (Å²) < 4.78 is 2.30. The van der Waals surface area contributed by atoms with Crippen LogP contribution in [0.5, 0.6) is 0 Å². The first-order valence-corrected chi connectivity index (χ1v) is 11.0. The van der Waals surface area contributed by atoms with Crippen molar-refractivity contribution >= 4 is 23.1 Å². The van der Waals surface area contributed by atoms with E-state index in [0.29, 0.717) is 25.4 Å². The van der Waals surface area contributed by atoms with E-state index in [1.165, 1.54) is 35.0 Å². The molecule has 166 valence electrons. The topological polar surface area (TPSA) is 65.8 Å². The van der Waals surface area contributed by atoms with Gasteiger partial charge < -0.3 is 19.4 Å². The quantitative estimate of drug-likeness (QED) is 0.530. The van der Waals surface area contributed by atoms with Crippen molar-refractivity contribution in [2.75, 3.05) is 27.2 Å². The van der Waals surface area contributed by atoms with Gasteiger partial charge >= 0.3 is 0 Å². The molecule has 0 spiro atoms. The first-order valence-electron chi connectivity index (χ1n) is 11.0. The summed E-state index contributed by atoms with van der Waals surface area (Å²) in [5.41, 5.74) is 4.72. The Labute approximate surface area is 180 Å². The van der Waals surface area contributed by atoms with Crippen LogP contribution in [-0.4, -0.2) is 65.0 Å². The number of fused-ring (bicyclic) bond motifs is 3. The molecule has 1 unspecified atom stereocenters. The number of hydrogen-bond acceptors (Lipinski definition) is 4. The molecule has 0 radical (unpaired) electrons. The molecule has 2 aromatic rings. The maximum absolute atomic E-state index is 12.8. The van der Waals surface area contributed by atoms with E-state index in [2.05, 4.69) is 42.5 Å². The number of nitrogens with zero attached hydrogens (tertiary/aromatic N) is 3. The zero-order valence-electron chi connectivity index (χ0n) is 19.1. The Kier molecular flexibility index (Phi) is 9.06. The van der Waals surface area contributed by atoms with Crippen LogP contribution in [-0.2, 0) is 24.8 Å². The van der Waals surface area contributed by atoms with Crippen LogP contribution in [0.2, 0.25) is 0 Å². The lowest BCUT2D eigenvalue weighted by molar-refractivity contribution is -0.108. The van der Waals surface area contributed by atoms with Crippen molar-refractivity contribution < 1.29 is 14.7 Å².